The number of thioether (sulfide) groups is 1. The van der Waals surface area contributed by atoms with Crippen molar-refractivity contribution in [1.82, 2.24) is 14.5 Å². The highest BCUT2D eigenvalue weighted by Gasteiger charge is 2.35. The molecule has 8 nitrogen and oxygen atoms in total. The summed E-state index contributed by atoms with van der Waals surface area (Å²) in [4.78, 5) is 44.6. The second-order valence-corrected chi connectivity index (χ2v) is 9.92. The molecule has 0 spiro atoms. The predicted molar refractivity (Wildman–Crippen MR) is 141 cm³/mol. The first kappa shape index (κ1) is 25.3. The van der Waals surface area contributed by atoms with Crippen molar-refractivity contribution in [3.8, 4) is 11.9 Å². The Morgan fingerprint density at radius 2 is 2.00 bits per heavy atom. The van der Waals surface area contributed by atoms with Crippen molar-refractivity contribution in [2.24, 2.45) is 0 Å². The van der Waals surface area contributed by atoms with E-state index in [0.29, 0.717) is 15.5 Å². The predicted octanol–water partition coefficient (Wildman–Crippen LogP) is 3.91. The van der Waals surface area contributed by atoms with Crippen molar-refractivity contribution in [3.63, 3.8) is 0 Å². The number of nitriles is 1. The van der Waals surface area contributed by atoms with Crippen LogP contribution >= 0.6 is 35.6 Å². The van der Waals surface area contributed by atoms with Gasteiger partial charge in [0.2, 0.25) is 5.88 Å². The van der Waals surface area contributed by atoms with Crippen LogP contribution in [-0.2, 0) is 11.3 Å². The largest absolute Gasteiger partial charge is 0.494 e. The Bertz CT molecular complexity index is 1530. The maximum Gasteiger partial charge on any atom is 0.271 e. The molecule has 0 atom stereocenters. The number of carbonyl (C=O) groups is 2. The Labute approximate surface area is 220 Å². The molecule has 1 aliphatic rings. The Morgan fingerprint density at radius 3 is 2.64 bits per heavy atom. The van der Waals surface area contributed by atoms with Gasteiger partial charge in [0.25, 0.3) is 11.5 Å². The summed E-state index contributed by atoms with van der Waals surface area (Å²) in [5.74, 6) is -1.72. The zero-order chi connectivity index (χ0) is 26.0. The highest BCUT2D eigenvalue weighted by Crippen LogP contribution is 2.33. The van der Waals surface area contributed by atoms with E-state index in [1.54, 1.807) is 48.7 Å². The number of Topliss-reactive ketones (excluding diaryl/α,β-unsaturated/α-hetero) is 1. The molecule has 0 aliphatic carbocycles. The topological polar surface area (TPSA) is 116 Å². The second-order valence-electron chi connectivity index (χ2n) is 7.81. The highest BCUT2D eigenvalue weighted by molar-refractivity contribution is 8.26. The third-order valence-electron chi connectivity index (χ3n) is 5.49. The summed E-state index contributed by atoms with van der Waals surface area (Å²) in [5, 5.41) is 21.1. The molecule has 1 aromatic carbocycles. The van der Waals surface area contributed by atoms with E-state index in [9.17, 15) is 24.8 Å². The van der Waals surface area contributed by atoms with Gasteiger partial charge in [-0.3, -0.25) is 28.8 Å². The minimum Gasteiger partial charge on any atom is -0.494 e. The number of hydrogen-bond donors (Lipinski definition) is 1. The van der Waals surface area contributed by atoms with Crippen LogP contribution in [0, 0.1) is 18.3 Å². The molecular formula is C25H17ClN4O4S2. The van der Waals surface area contributed by atoms with E-state index >= 15 is 0 Å². The van der Waals surface area contributed by atoms with Crippen molar-refractivity contribution in [2.45, 2.75) is 13.5 Å². The summed E-state index contributed by atoms with van der Waals surface area (Å²) >= 11 is 12.3. The van der Waals surface area contributed by atoms with Crippen molar-refractivity contribution in [2.75, 3.05) is 6.54 Å². The number of rotatable bonds is 6. The normalized spacial score (nSPS) is 14.4. The van der Waals surface area contributed by atoms with Crippen LogP contribution in [0.5, 0.6) is 5.88 Å². The van der Waals surface area contributed by atoms with E-state index in [-0.39, 0.29) is 27.6 Å². The summed E-state index contributed by atoms with van der Waals surface area (Å²) in [5.41, 5.74) is 0.143. The number of hydrogen-bond acceptors (Lipinski definition) is 8. The zero-order valence-corrected chi connectivity index (χ0v) is 21.2. The second kappa shape index (κ2) is 10.5. The van der Waals surface area contributed by atoms with Gasteiger partial charge in [0, 0.05) is 17.4 Å². The van der Waals surface area contributed by atoms with Crippen LogP contribution in [-0.4, -0.2) is 42.1 Å². The molecule has 0 radical (unpaired) electrons. The third-order valence-corrected chi connectivity index (χ3v) is 7.12. The standard InChI is InChI=1S/C25H17ClN4O4S2/c1-14-18(10-27)22(32)29(12-16-3-2-8-28-11-16)24(34)21(14)19(31)13-30-23(33)20(36-25(30)35)9-15-4-6-17(26)7-5-15/h2-9,11,34H,12-13H2,1H3/b20-9-. The first-order chi connectivity index (χ1) is 17.2. The fraction of sp³-hybridized carbons (Fsp3) is 0.120. The van der Waals surface area contributed by atoms with Crippen molar-refractivity contribution < 1.29 is 14.7 Å². The van der Waals surface area contributed by atoms with Crippen LogP contribution in [0.2, 0.25) is 5.02 Å². The quantitative estimate of drug-likeness (QED) is 0.286. The van der Waals surface area contributed by atoms with Crippen molar-refractivity contribution in [1.29, 1.82) is 5.26 Å². The molecule has 3 heterocycles. The fourth-order valence-corrected chi connectivity index (χ4v) is 5.06. The van der Waals surface area contributed by atoms with Crippen LogP contribution in [0.15, 0.2) is 58.5 Å². The van der Waals surface area contributed by atoms with E-state index in [1.165, 1.54) is 13.1 Å². The molecule has 1 N–H and O–H groups in total. The maximum absolute atomic E-state index is 13.3. The van der Waals surface area contributed by atoms with Crippen LogP contribution in [0.4, 0.5) is 0 Å². The summed E-state index contributed by atoms with van der Waals surface area (Å²) in [6.45, 7) is 0.845. The molecular weight excluding hydrogens is 520 g/mol. The van der Waals surface area contributed by atoms with Gasteiger partial charge in [0.1, 0.15) is 16.0 Å². The lowest BCUT2D eigenvalue weighted by atomic mass is 10.0. The van der Waals surface area contributed by atoms with Gasteiger partial charge in [-0.05, 0) is 47.9 Å². The third kappa shape index (κ3) is 4.95. The summed E-state index contributed by atoms with van der Waals surface area (Å²) < 4.78 is 1.12. The molecule has 1 amide bonds. The molecule has 180 valence electrons. The molecule has 1 fully saturated rings. The molecule has 11 heteroatoms. The highest BCUT2D eigenvalue weighted by atomic mass is 35.5. The molecule has 2 aromatic heterocycles. The fourth-order valence-electron chi connectivity index (χ4n) is 3.67. The van der Waals surface area contributed by atoms with Crippen molar-refractivity contribution in [3.05, 3.63) is 96.9 Å². The number of pyridine rings is 2. The summed E-state index contributed by atoms with van der Waals surface area (Å²) in [6.07, 6.45) is 4.71. The summed E-state index contributed by atoms with van der Waals surface area (Å²) in [7, 11) is 0. The lowest BCUT2D eigenvalue weighted by Gasteiger charge is -2.18. The number of carbonyl (C=O) groups excluding carboxylic acids is 2. The lowest BCUT2D eigenvalue weighted by molar-refractivity contribution is -0.121. The molecule has 36 heavy (non-hydrogen) atoms. The molecule has 1 aliphatic heterocycles. The van der Waals surface area contributed by atoms with Gasteiger partial charge in [-0.25, -0.2) is 0 Å². The number of halogens is 1. The molecule has 0 bridgehead atoms. The maximum atomic E-state index is 13.3. The Morgan fingerprint density at radius 1 is 1.28 bits per heavy atom. The Balaban J connectivity index is 1.67. The minimum absolute atomic E-state index is 0.0367. The average molecular weight is 537 g/mol. The van der Waals surface area contributed by atoms with Gasteiger partial charge in [-0.2, -0.15) is 5.26 Å². The molecule has 0 unspecified atom stereocenters. The molecule has 3 aromatic rings. The van der Waals surface area contributed by atoms with E-state index in [4.69, 9.17) is 23.8 Å². The zero-order valence-electron chi connectivity index (χ0n) is 18.8. The Hall–Kier alpha value is -3.78. The number of aromatic hydroxyl groups is 1. The van der Waals surface area contributed by atoms with Crippen molar-refractivity contribution >= 4 is 57.7 Å². The van der Waals surface area contributed by atoms with Gasteiger partial charge in [0.15, 0.2) is 5.78 Å². The van der Waals surface area contributed by atoms with Crippen LogP contribution < -0.4 is 5.56 Å². The lowest BCUT2D eigenvalue weighted by Crippen LogP contribution is -2.35. The monoisotopic (exact) mass is 536 g/mol. The number of aromatic nitrogens is 2. The van der Waals surface area contributed by atoms with E-state index in [2.05, 4.69) is 4.98 Å². The summed E-state index contributed by atoms with van der Waals surface area (Å²) in [6, 6.07) is 12.1. The van der Waals surface area contributed by atoms with Crippen LogP contribution in [0.1, 0.15) is 32.6 Å². The van der Waals surface area contributed by atoms with Gasteiger partial charge < -0.3 is 5.11 Å². The molecule has 0 saturated carbocycles. The van der Waals surface area contributed by atoms with E-state index < -0.39 is 29.7 Å². The smallest absolute Gasteiger partial charge is 0.271 e. The van der Waals surface area contributed by atoms with Gasteiger partial charge in [0.05, 0.1) is 23.6 Å². The van der Waals surface area contributed by atoms with Gasteiger partial charge in [-0.1, -0.05) is 53.8 Å². The first-order valence-electron chi connectivity index (χ1n) is 10.5. The molecule has 4 rings (SSSR count). The Kier molecular flexibility index (Phi) is 7.35. The molecule has 1 saturated heterocycles. The number of benzene rings is 1. The van der Waals surface area contributed by atoms with Crippen LogP contribution in [0.3, 0.4) is 0 Å². The number of nitrogens with zero attached hydrogens (tertiary/aromatic N) is 4. The van der Waals surface area contributed by atoms with E-state index in [0.717, 1.165) is 26.8 Å². The van der Waals surface area contributed by atoms with Gasteiger partial charge >= 0.3 is 0 Å². The number of thiocarbonyl (C=S) groups is 1. The van der Waals surface area contributed by atoms with Crippen LogP contribution in [0.25, 0.3) is 6.08 Å². The minimum atomic E-state index is -0.732. The SMILES string of the molecule is Cc1c(C(=O)CN2C(=O)/C(=C/c3ccc(Cl)cc3)SC2=S)c(O)n(Cc2cccnc2)c(=O)c1C#N. The van der Waals surface area contributed by atoms with E-state index in [1.807, 2.05) is 6.07 Å². The number of amides is 1. The first-order valence-corrected chi connectivity index (χ1v) is 12.1. The number of ketones is 1. The average Bonchev–Trinajstić information content (AvgIpc) is 3.11. The van der Waals surface area contributed by atoms with Gasteiger partial charge in [-0.15, -0.1) is 0 Å².